The Labute approximate surface area is 210 Å². The van der Waals surface area contributed by atoms with Crippen LogP contribution in [0.5, 0.6) is 0 Å². The van der Waals surface area contributed by atoms with E-state index in [0.717, 1.165) is 24.0 Å². The molecule has 0 aliphatic carbocycles. The number of carbonyl (C=O) groups excluding carboxylic acids is 2. The zero-order chi connectivity index (χ0) is 25.8. The fourth-order valence-electron chi connectivity index (χ4n) is 3.91. The molecule has 2 amide bonds. The summed E-state index contributed by atoms with van der Waals surface area (Å²) in [5, 5.41) is 2.96. The van der Waals surface area contributed by atoms with Crippen LogP contribution in [-0.2, 0) is 26.2 Å². The topological polar surface area (TPSA) is 86.8 Å². The van der Waals surface area contributed by atoms with Crippen LogP contribution in [0.1, 0.15) is 57.1 Å². The Hall–Kier alpha value is -2.87. The number of unbranched alkanes of at least 4 members (excludes halogenated alkanes) is 1. The van der Waals surface area contributed by atoms with Gasteiger partial charge in [0.2, 0.25) is 21.8 Å². The van der Waals surface area contributed by atoms with Crippen LogP contribution in [0.15, 0.2) is 54.6 Å². The number of sulfonamides is 1. The number of carbonyl (C=O) groups is 2. The molecule has 8 heteroatoms. The minimum atomic E-state index is -3.49. The molecule has 2 aromatic rings. The van der Waals surface area contributed by atoms with Gasteiger partial charge in [-0.2, -0.15) is 0 Å². The number of aryl methyl sites for hydroxylation is 1. The van der Waals surface area contributed by atoms with Crippen molar-refractivity contribution in [3.63, 3.8) is 0 Å². The largest absolute Gasteiger partial charge is 0.354 e. The summed E-state index contributed by atoms with van der Waals surface area (Å²) in [6.45, 7) is 7.06. The second kappa shape index (κ2) is 13.9. The average molecular weight is 502 g/mol. The van der Waals surface area contributed by atoms with Gasteiger partial charge in [-0.3, -0.25) is 13.9 Å². The third kappa shape index (κ3) is 9.02. The van der Waals surface area contributed by atoms with E-state index >= 15 is 0 Å². The number of hydrogen-bond donors (Lipinski definition) is 1. The van der Waals surface area contributed by atoms with Crippen molar-refractivity contribution in [2.75, 3.05) is 23.7 Å². The van der Waals surface area contributed by atoms with Gasteiger partial charge in [0.1, 0.15) is 6.04 Å². The molecule has 0 aromatic heterocycles. The minimum Gasteiger partial charge on any atom is -0.354 e. The fourth-order valence-corrected chi connectivity index (χ4v) is 4.88. The number of rotatable bonds is 14. The van der Waals surface area contributed by atoms with Crippen LogP contribution in [-0.4, -0.2) is 50.5 Å². The van der Waals surface area contributed by atoms with Gasteiger partial charge in [0.25, 0.3) is 0 Å². The smallest absolute Gasteiger partial charge is 0.242 e. The summed E-state index contributed by atoms with van der Waals surface area (Å²) in [7, 11) is -3.49. The van der Waals surface area contributed by atoms with Crippen LogP contribution in [0.3, 0.4) is 0 Å². The van der Waals surface area contributed by atoms with E-state index in [2.05, 4.69) is 12.2 Å². The van der Waals surface area contributed by atoms with Crippen molar-refractivity contribution in [1.82, 2.24) is 10.2 Å². The van der Waals surface area contributed by atoms with Crippen LogP contribution in [0.2, 0.25) is 0 Å². The first-order chi connectivity index (χ1) is 16.7. The lowest BCUT2D eigenvalue weighted by Crippen LogP contribution is -2.49. The predicted octanol–water partition coefficient (Wildman–Crippen LogP) is 4.26. The highest BCUT2D eigenvalue weighted by Crippen LogP contribution is 2.19. The highest BCUT2D eigenvalue weighted by atomic mass is 32.2. The quantitative estimate of drug-likeness (QED) is 0.392. The van der Waals surface area contributed by atoms with E-state index in [0.29, 0.717) is 31.6 Å². The second-order valence-corrected chi connectivity index (χ2v) is 10.8. The number of anilines is 1. The summed E-state index contributed by atoms with van der Waals surface area (Å²) in [4.78, 5) is 28.0. The fraction of sp³-hybridized carbons (Fsp3) is 0.481. The van der Waals surface area contributed by atoms with Gasteiger partial charge in [-0.15, -0.1) is 0 Å². The molecule has 1 atom stereocenters. The molecule has 35 heavy (non-hydrogen) atoms. The third-order valence-corrected chi connectivity index (χ3v) is 7.08. The van der Waals surface area contributed by atoms with Crippen molar-refractivity contribution in [1.29, 1.82) is 0 Å². The zero-order valence-electron chi connectivity index (χ0n) is 21.4. The molecule has 0 radical (unpaired) electrons. The molecular formula is C27H39N3O4S. The molecule has 0 saturated heterocycles. The van der Waals surface area contributed by atoms with Crippen molar-refractivity contribution in [3.05, 3.63) is 65.7 Å². The summed E-state index contributed by atoms with van der Waals surface area (Å²) >= 11 is 0. The highest BCUT2D eigenvalue weighted by molar-refractivity contribution is 7.92. The summed E-state index contributed by atoms with van der Waals surface area (Å²) in [5.74, 6) is -0.312. The summed E-state index contributed by atoms with van der Waals surface area (Å²) in [6.07, 6.45) is 4.01. The van der Waals surface area contributed by atoms with Crippen LogP contribution in [0, 0.1) is 6.92 Å². The van der Waals surface area contributed by atoms with Crippen LogP contribution < -0.4 is 9.62 Å². The average Bonchev–Trinajstić information content (AvgIpc) is 2.82. The molecule has 7 nitrogen and oxygen atoms in total. The number of nitrogens with one attached hydrogen (secondary N) is 1. The van der Waals surface area contributed by atoms with Gasteiger partial charge in [0.05, 0.1) is 11.9 Å². The Morgan fingerprint density at radius 1 is 0.971 bits per heavy atom. The maximum Gasteiger partial charge on any atom is 0.242 e. The maximum absolute atomic E-state index is 13.4. The Balaban J connectivity index is 2.16. The molecule has 1 N–H and O–H groups in total. The molecular weight excluding hydrogens is 462 g/mol. The summed E-state index contributed by atoms with van der Waals surface area (Å²) in [5.41, 5.74) is 2.64. The molecule has 0 aliphatic rings. The molecule has 0 fully saturated rings. The van der Waals surface area contributed by atoms with Crippen LogP contribution >= 0.6 is 0 Å². The monoisotopic (exact) mass is 501 g/mol. The van der Waals surface area contributed by atoms with Gasteiger partial charge in [0.15, 0.2) is 0 Å². The molecule has 2 rings (SSSR count). The SMILES string of the molecule is CCCCNC(=O)[C@H](CC)N(Cc1ccc(C)cc1)C(=O)CCCN(c1ccccc1)S(C)(=O)=O. The normalized spacial score (nSPS) is 12.1. The van der Waals surface area contributed by atoms with Crippen LogP contribution in [0.4, 0.5) is 5.69 Å². The minimum absolute atomic E-state index is 0.142. The molecule has 0 aliphatic heterocycles. The lowest BCUT2D eigenvalue weighted by Gasteiger charge is -2.31. The molecule has 0 unspecified atom stereocenters. The van der Waals surface area contributed by atoms with Gasteiger partial charge < -0.3 is 10.2 Å². The summed E-state index contributed by atoms with van der Waals surface area (Å²) < 4.78 is 26.0. The van der Waals surface area contributed by atoms with E-state index in [1.165, 1.54) is 10.6 Å². The third-order valence-electron chi connectivity index (χ3n) is 5.89. The lowest BCUT2D eigenvalue weighted by atomic mass is 10.1. The Morgan fingerprint density at radius 2 is 1.63 bits per heavy atom. The second-order valence-electron chi connectivity index (χ2n) is 8.85. The zero-order valence-corrected chi connectivity index (χ0v) is 22.2. The van der Waals surface area contributed by atoms with Gasteiger partial charge >= 0.3 is 0 Å². The Kier molecular flexibility index (Phi) is 11.2. The predicted molar refractivity (Wildman–Crippen MR) is 142 cm³/mol. The molecule has 0 bridgehead atoms. The van der Waals surface area contributed by atoms with E-state index in [4.69, 9.17) is 0 Å². The van der Waals surface area contributed by atoms with Crippen molar-refractivity contribution >= 4 is 27.5 Å². The molecule has 0 spiro atoms. The first-order valence-electron chi connectivity index (χ1n) is 12.3. The number of para-hydroxylation sites is 1. The number of nitrogens with zero attached hydrogens (tertiary/aromatic N) is 2. The van der Waals surface area contributed by atoms with Gasteiger partial charge in [-0.1, -0.05) is 68.3 Å². The van der Waals surface area contributed by atoms with Gasteiger partial charge in [0, 0.05) is 26.1 Å². The van der Waals surface area contributed by atoms with E-state index < -0.39 is 16.1 Å². The first kappa shape index (κ1) is 28.4. The van der Waals surface area contributed by atoms with Crippen LogP contribution in [0.25, 0.3) is 0 Å². The molecule has 192 valence electrons. The standard InChI is InChI=1S/C27H39N3O4S/c1-5-7-19-28-27(32)25(6-2)29(21-23-17-15-22(3)16-18-23)26(31)14-11-20-30(35(4,33)34)24-12-9-8-10-13-24/h8-10,12-13,15-18,25H,5-7,11,14,19-21H2,1-4H3,(H,28,32)/t25-/m0/s1. The van der Waals surface area contributed by atoms with Gasteiger partial charge in [-0.05, 0) is 43.9 Å². The summed E-state index contributed by atoms with van der Waals surface area (Å²) in [6, 6.07) is 16.2. The van der Waals surface area contributed by atoms with Crippen molar-refractivity contribution < 1.29 is 18.0 Å². The Morgan fingerprint density at radius 3 is 2.20 bits per heavy atom. The Bertz CT molecular complexity index is 1040. The van der Waals surface area contributed by atoms with E-state index in [9.17, 15) is 18.0 Å². The van der Waals surface area contributed by atoms with E-state index in [1.807, 2.05) is 44.2 Å². The number of benzene rings is 2. The molecule has 0 heterocycles. The molecule has 2 aromatic carbocycles. The van der Waals surface area contributed by atoms with E-state index in [-0.39, 0.29) is 24.8 Å². The van der Waals surface area contributed by atoms with E-state index in [1.54, 1.807) is 29.2 Å². The first-order valence-corrected chi connectivity index (χ1v) is 14.2. The maximum atomic E-state index is 13.4. The number of hydrogen-bond acceptors (Lipinski definition) is 4. The lowest BCUT2D eigenvalue weighted by molar-refractivity contribution is -0.141. The highest BCUT2D eigenvalue weighted by Gasteiger charge is 2.28. The van der Waals surface area contributed by atoms with Gasteiger partial charge in [-0.25, -0.2) is 8.42 Å². The van der Waals surface area contributed by atoms with Crippen molar-refractivity contribution in [2.45, 2.75) is 65.5 Å². The molecule has 0 saturated carbocycles. The van der Waals surface area contributed by atoms with Crippen molar-refractivity contribution in [3.8, 4) is 0 Å². The number of amides is 2. The van der Waals surface area contributed by atoms with Crippen molar-refractivity contribution in [2.24, 2.45) is 0 Å².